The topological polar surface area (TPSA) is 0 Å². The summed E-state index contributed by atoms with van der Waals surface area (Å²) >= 11 is 0. The zero-order chi connectivity index (χ0) is 27.2. The lowest BCUT2D eigenvalue weighted by atomic mass is 9.12. The van der Waals surface area contributed by atoms with Gasteiger partial charge in [0.25, 0.3) is 0 Å². The standard InChI is InChI=1S/C40H28B/c1-5-21-33-29(13-1)17-9-25-37(33)41(38-26-10-18-30-14-2-6-22-34(30)38,39-27-11-19-31-15-3-7-23-35(31)39)40-28-12-20-32-16-4-8-24-36(32)40/h1-28H/q-1. The van der Waals surface area contributed by atoms with E-state index in [0.717, 1.165) is 0 Å². The molecule has 8 aromatic rings. The molecule has 0 saturated heterocycles. The van der Waals surface area contributed by atoms with Crippen LogP contribution in [0.25, 0.3) is 43.1 Å². The van der Waals surface area contributed by atoms with E-state index in [1.165, 1.54) is 64.9 Å². The molecule has 0 bridgehead atoms. The van der Waals surface area contributed by atoms with Gasteiger partial charge in [-0.05, 0) is 21.5 Å². The minimum atomic E-state index is -1.67. The molecule has 1 heteroatoms. The maximum absolute atomic E-state index is 2.38. The van der Waals surface area contributed by atoms with Crippen LogP contribution in [0.2, 0.25) is 0 Å². The van der Waals surface area contributed by atoms with Crippen molar-refractivity contribution in [1.82, 2.24) is 0 Å². The number of rotatable bonds is 4. The first kappa shape index (κ1) is 23.7. The molecular formula is C40H28B-. The van der Waals surface area contributed by atoms with Crippen LogP contribution in [0, 0.1) is 0 Å². The highest BCUT2D eigenvalue weighted by molar-refractivity contribution is 7.23. The normalized spacial score (nSPS) is 11.9. The van der Waals surface area contributed by atoms with Gasteiger partial charge in [-0.2, -0.15) is 21.9 Å². The Kier molecular flexibility index (Phi) is 5.50. The van der Waals surface area contributed by atoms with E-state index in [9.17, 15) is 0 Å². The van der Waals surface area contributed by atoms with E-state index in [1.807, 2.05) is 0 Å². The van der Waals surface area contributed by atoms with Crippen LogP contribution in [-0.4, -0.2) is 6.15 Å². The summed E-state index contributed by atoms with van der Waals surface area (Å²) in [5.41, 5.74) is 5.42. The van der Waals surface area contributed by atoms with Crippen LogP contribution >= 0.6 is 0 Å². The maximum Gasteiger partial charge on any atom is 0.111 e. The van der Waals surface area contributed by atoms with E-state index < -0.39 is 6.15 Å². The molecular weight excluding hydrogens is 491 g/mol. The lowest BCUT2D eigenvalue weighted by Crippen LogP contribution is -2.75. The van der Waals surface area contributed by atoms with Crippen LogP contribution in [0.4, 0.5) is 0 Å². The summed E-state index contributed by atoms with van der Waals surface area (Å²) in [7, 11) is 0. The second-order valence-electron chi connectivity index (χ2n) is 11.1. The van der Waals surface area contributed by atoms with Crippen LogP contribution in [0.3, 0.4) is 0 Å². The third-order valence-corrected chi connectivity index (χ3v) is 9.16. The molecule has 0 spiro atoms. The Morgan fingerprint density at radius 2 is 0.439 bits per heavy atom. The first-order valence-corrected chi connectivity index (χ1v) is 14.4. The largest absolute Gasteiger partial charge is 0.187 e. The lowest BCUT2D eigenvalue weighted by Gasteiger charge is -2.47. The third-order valence-electron chi connectivity index (χ3n) is 9.16. The number of hydrogen-bond donors (Lipinski definition) is 0. The van der Waals surface area contributed by atoms with Crippen molar-refractivity contribution in [2.45, 2.75) is 0 Å². The van der Waals surface area contributed by atoms with E-state index in [-0.39, 0.29) is 0 Å². The van der Waals surface area contributed by atoms with Gasteiger partial charge in [-0.15, -0.1) is 0 Å². The smallest absolute Gasteiger partial charge is 0.111 e. The minimum Gasteiger partial charge on any atom is -0.187 e. The minimum absolute atomic E-state index is 1.26. The van der Waals surface area contributed by atoms with Crippen molar-refractivity contribution in [3.8, 4) is 0 Å². The van der Waals surface area contributed by atoms with Crippen molar-refractivity contribution >= 4 is 71.1 Å². The van der Waals surface area contributed by atoms with Crippen LogP contribution in [0.1, 0.15) is 0 Å². The van der Waals surface area contributed by atoms with Crippen molar-refractivity contribution in [2.75, 3.05) is 0 Å². The lowest BCUT2D eigenvalue weighted by molar-refractivity contribution is 1.71. The fraction of sp³-hybridized carbons (Fsp3) is 0. The van der Waals surface area contributed by atoms with Crippen molar-refractivity contribution in [2.24, 2.45) is 0 Å². The summed E-state index contributed by atoms with van der Waals surface area (Å²) in [6, 6.07) is 63.0. The monoisotopic (exact) mass is 519 g/mol. The predicted molar refractivity (Wildman–Crippen MR) is 180 cm³/mol. The van der Waals surface area contributed by atoms with Gasteiger partial charge >= 0.3 is 0 Å². The van der Waals surface area contributed by atoms with Gasteiger partial charge in [-0.3, -0.25) is 0 Å². The zero-order valence-electron chi connectivity index (χ0n) is 22.7. The summed E-state index contributed by atoms with van der Waals surface area (Å²) in [4.78, 5) is 0. The molecule has 0 amide bonds. The van der Waals surface area contributed by atoms with E-state index in [4.69, 9.17) is 0 Å². The van der Waals surface area contributed by atoms with Crippen molar-refractivity contribution in [3.63, 3.8) is 0 Å². The average molecular weight is 519 g/mol. The van der Waals surface area contributed by atoms with Crippen molar-refractivity contribution in [3.05, 3.63) is 170 Å². The molecule has 0 aliphatic carbocycles. The third kappa shape index (κ3) is 3.56. The summed E-state index contributed by atoms with van der Waals surface area (Å²) < 4.78 is 0. The molecule has 0 nitrogen and oxygen atoms in total. The molecule has 0 aliphatic rings. The zero-order valence-corrected chi connectivity index (χ0v) is 22.7. The van der Waals surface area contributed by atoms with Crippen LogP contribution in [0.5, 0.6) is 0 Å². The maximum atomic E-state index is 2.38. The molecule has 0 aliphatic heterocycles. The molecule has 0 radical (unpaired) electrons. The van der Waals surface area contributed by atoms with Crippen molar-refractivity contribution in [1.29, 1.82) is 0 Å². The van der Waals surface area contributed by atoms with Crippen LogP contribution in [-0.2, 0) is 0 Å². The van der Waals surface area contributed by atoms with Gasteiger partial charge in [-0.25, -0.2) is 0 Å². The Bertz CT molecular complexity index is 1880. The van der Waals surface area contributed by atoms with Gasteiger partial charge in [0.2, 0.25) is 0 Å². The highest BCUT2D eigenvalue weighted by Crippen LogP contribution is 2.26. The summed E-state index contributed by atoms with van der Waals surface area (Å²) in [5.74, 6) is 0. The molecule has 0 aromatic heterocycles. The Balaban J connectivity index is 1.70. The molecule has 0 unspecified atom stereocenters. The molecule has 41 heavy (non-hydrogen) atoms. The summed E-state index contributed by atoms with van der Waals surface area (Å²) in [6.07, 6.45) is -1.67. The number of fused-ring (bicyclic) bond motifs is 4. The number of benzene rings is 8. The average Bonchev–Trinajstić information content (AvgIpc) is 3.05. The Hall–Kier alpha value is -5.14. The fourth-order valence-corrected chi connectivity index (χ4v) is 7.52. The molecule has 0 N–H and O–H groups in total. The summed E-state index contributed by atoms with van der Waals surface area (Å²) in [6.45, 7) is 0. The molecule has 192 valence electrons. The van der Waals surface area contributed by atoms with E-state index >= 15 is 0 Å². The first-order chi connectivity index (χ1) is 20.4. The predicted octanol–water partition coefficient (Wildman–Crippen LogP) is 7.68. The Morgan fingerprint density at radius 1 is 0.220 bits per heavy atom. The van der Waals surface area contributed by atoms with Gasteiger partial charge in [-0.1, -0.05) is 191 Å². The molecule has 0 heterocycles. The van der Waals surface area contributed by atoms with E-state index in [2.05, 4.69) is 170 Å². The van der Waals surface area contributed by atoms with Gasteiger partial charge < -0.3 is 0 Å². The Labute approximate surface area is 240 Å². The second kappa shape index (κ2) is 9.50. The second-order valence-corrected chi connectivity index (χ2v) is 11.1. The van der Waals surface area contributed by atoms with Crippen LogP contribution in [0.15, 0.2) is 170 Å². The SMILES string of the molecule is c1ccc2c([B-](c3cccc4ccccc34)(c3cccc4ccccc34)c3cccc4ccccc34)cccc2c1. The van der Waals surface area contributed by atoms with Gasteiger partial charge in [0.15, 0.2) is 0 Å². The highest BCUT2D eigenvalue weighted by Gasteiger charge is 2.36. The quantitative estimate of drug-likeness (QED) is 0.209. The van der Waals surface area contributed by atoms with Crippen molar-refractivity contribution < 1.29 is 0 Å². The molecule has 8 rings (SSSR count). The van der Waals surface area contributed by atoms with E-state index in [0.29, 0.717) is 0 Å². The van der Waals surface area contributed by atoms with E-state index in [1.54, 1.807) is 0 Å². The molecule has 0 atom stereocenters. The Morgan fingerprint density at radius 3 is 0.707 bits per heavy atom. The van der Waals surface area contributed by atoms with Gasteiger partial charge in [0, 0.05) is 0 Å². The molecule has 8 aromatic carbocycles. The van der Waals surface area contributed by atoms with Gasteiger partial charge in [0.1, 0.15) is 6.15 Å². The fourth-order valence-electron chi connectivity index (χ4n) is 7.52. The first-order valence-electron chi connectivity index (χ1n) is 14.4. The molecule has 0 saturated carbocycles. The molecule has 0 fully saturated rings. The van der Waals surface area contributed by atoms with Gasteiger partial charge in [0.05, 0.1) is 0 Å². The highest BCUT2D eigenvalue weighted by atomic mass is 14.2. The summed E-state index contributed by atoms with van der Waals surface area (Å²) in [5, 5.41) is 10.2. The number of hydrogen-bond acceptors (Lipinski definition) is 0. The van der Waals surface area contributed by atoms with Crippen LogP contribution < -0.4 is 21.9 Å².